The molecule has 0 aromatic heterocycles. The minimum Gasteiger partial charge on any atom is -0.481 e. The lowest BCUT2D eigenvalue weighted by Gasteiger charge is -2.16. The maximum Gasteiger partial charge on any atom is 0.261 e. The minimum atomic E-state index is -0.634. The molecule has 0 heterocycles. The molecule has 2 rings (SSSR count). The highest BCUT2D eigenvalue weighted by molar-refractivity contribution is 6.30. The predicted molar refractivity (Wildman–Crippen MR) is 98.0 cm³/mol. The van der Waals surface area contributed by atoms with E-state index in [2.05, 4.69) is 10.6 Å². The third-order valence-electron chi connectivity index (χ3n) is 3.72. The Morgan fingerprint density at radius 1 is 1.16 bits per heavy atom. The Labute approximate surface area is 152 Å². The number of ether oxygens (including phenoxy) is 1. The second kappa shape index (κ2) is 8.53. The van der Waals surface area contributed by atoms with Crippen molar-refractivity contribution in [1.82, 2.24) is 10.6 Å². The van der Waals surface area contributed by atoms with E-state index >= 15 is 0 Å². The first-order chi connectivity index (χ1) is 11.9. The Morgan fingerprint density at radius 3 is 2.44 bits per heavy atom. The first-order valence-electron chi connectivity index (χ1n) is 7.92. The van der Waals surface area contributed by atoms with Crippen LogP contribution in [0, 0.1) is 6.92 Å². The van der Waals surface area contributed by atoms with Crippen LogP contribution in [0.1, 0.15) is 28.4 Å². The summed E-state index contributed by atoms with van der Waals surface area (Å²) < 4.78 is 5.69. The molecule has 0 bridgehead atoms. The van der Waals surface area contributed by atoms with Crippen molar-refractivity contribution in [3.8, 4) is 5.75 Å². The Balaban J connectivity index is 1.89. The lowest BCUT2D eigenvalue weighted by Crippen LogP contribution is -2.36. The van der Waals surface area contributed by atoms with E-state index in [0.29, 0.717) is 22.9 Å². The summed E-state index contributed by atoms with van der Waals surface area (Å²) in [5, 5.41) is 6.01. The van der Waals surface area contributed by atoms with Crippen molar-refractivity contribution in [2.45, 2.75) is 26.5 Å². The summed E-state index contributed by atoms with van der Waals surface area (Å²) in [6, 6.07) is 12.3. The SMILES string of the molecule is CNC(=O)c1ccc(CNC(=O)C(C)Oc2ccc(Cl)cc2C)cc1. The van der Waals surface area contributed by atoms with Gasteiger partial charge in [-0.15, -0.1) is 0 Å². The van der Waals surface area contributed by atoms with Gasteiger partial charge in [0.15, 0.2) is 6.10 Å². The Bertz CT molecular complexity index is 760. The van der Waals surface area contributed by atoms with Gasteiger partial charge in [-0.05, 0) is 55.3 Å². The molecule has 0 saturated carbocycles. The maximum atomic E-state index is 12.2. The Kier molecular flexibility index (Phi) is 6.42. The van der Waals surface area contributed by atoms with E-state index in [-0.39, 0.29) is 11.8 Å². The Morgan fingerprint density at radius 2 is 1.84 bits per heavy atom. The topological polar surface area (TPSA) is 67.4 Å². The molecule has 0 aliphatic heterocycles. The quantitative estimate of drug-likeness (QED) is 0.831. The summed E-state index contributed by atoms with van der Waals surface area (Å²) in [6.07, 6.45) is -0.634. The first kappa shape index (κ1) is 18.8. The summed E-state index contributed by atoms with van der Waals surface area (Å²) in [5.74, 6) is 0.266. The molecule has 2 amide bonds. The fraction of sp³-hybridized carbons (Fsp3) is 0.263. The zero-order valence-corrected chi connectivity index (χ0v) is 15.2. The van der Waals surface area contributed by atoms with Gasteiger partial charge in [-0.25, -0.2) is 0 Å². The molecule has 132 valence electrons. The van der Waals surface area contributed by atoms with Crippen LogP contribution in [0.4, 0.5) is 0 Å². The smallest absolute Gasteiger partial charge is 0.261 e. The monoisotopic (exact) mass is 360 g/mol. The van der Waals surface area contributed by atoms with E-state index in [1.807, 2.05) is 6.92 Å². The van der Waals surface area contributed by atoms with Gasteiger partial charge in [0.2, 0.25) is 0 Å². The summed E-state index contributed by atoms with van der Waals surface area (Å²) in [7, 11) is 1.58. The van der Waals surface area contributed by atoms with Crippen molar-refractivity contribution < 1.29 is 14.3 Å². The number of carbonyl (C=O) groups excluding carboxylic acids is 2. The van der Waals surface area contributed by atoms with Crippen molar-refractivity contribution >= 4 is 23.4 Å². The third-order valence-corrected chi connectivity index (χ3v) is 3.95. The molecule has 0 aliphatic rings. The highest BCUT2D eigenvalue weighted by Gasteiger charge is 2.15. The van der Waals surface area contributed by atoms with Gasteiger partial charge in [0.05, 0.1) is 0 Å². The predicted octanol–water partition coefficient (Wildman–Crippen LogP) is 3.09. The molecule has 0 saturated heterocycles. The lowest BCUT2D eigenvalue weighted by molar-refractivity contribution is -0.127. The van der Waals surface area contributed by atoms with Crippen molar-refractivity contribution in [1.29, 1.82) is 0 Å². The van der Waals surface area contributed by atoms with Crippen molar-refractivity contribution in [3.63, 3.8) is 0 Å². The number of halogens is 1. The number of hydrogen-bond donors (Lipinski definition) is 2. The molecule has 2 aromatic rings. The highest BCUT2D eigenvalue weighted by atomic mass is 35.5. The van der Waals surface area contributed by atoms with E-state index in [1.165, 1.54) is 0 Å². The summed E-state index contributed by atoms with van der Waals surface area (Å²) in [5.41, 5.74) is 2.35. The number of aryl methyl sites for hydroxylation is 1. The zero-order valence-electron chi connectivity index (χ0n) is 14.4. The molecule has 1 unspecified atom stereocenters. The van der Waals surface area contributed by atoms with Crippen LogP contribution in [0.15, 0.2) is 42.5 Å². The molecule has 0 spiro atoms. The van der Waals surface area contributed by atoms with Crippen LogP contribution in [0.3, 0.4) is 0 Å². The van der Waals surface area contributed by atoms with Gasteiger partial charge in [0.1, 0.15) is 5.75 Å². The van der Waals surface area contributed by atoms with Crippen LogP contribution < -0.4 is 15.4 Å². The number of rotatable bonds is 6. The van der Waals surface area contributed by atoms with Gasteiger partial charge in [-0.2, -0.15) is 0 Å². The van der Waals surface area contributed by atoms with Crippen molar-refractivity contribution in [2.75, 3.05) is 7.05 Å². The normalized spacial score (nSPS) is 11.5. The molecular weight excluding hydrogens is 340 g/mol. The van der Waals surface area contributed by atoms with E-state index in [4.69, 9.17) is 16.3 Å². The van der Waals surface area contributed by atoms with Gasteiger partial charge in [0.25, 0.3) is 11.8 Å². The Hall–Kier alpha value is -2.53. The molecule has 2 N–H and O–H groups in total. The molecular formula is C19H21ClN2O3. The van der Waals surface area contributed by atoms with Crippen LogP contribution in [-0.4, -0.2) is 25.0 Å². The fourth-order valence-corrected chi connectivity index (χ4v) is 2.47. The third kappa shape index (κ3) is 5.22. The minimum absolute atomic E-state index is 0.143. The second-order valence-electron chi connectivity index (χ2n) is 5.66. The van der Waals surface area contributed by atoms with Crippen molar-refractivity contribution in [2.24, 2.45) is 0 Å². The molecule has 0 aliphatic carbocycles. The van der Waals surface area contributed by atoms with Crippen LogP contribution in [-0.2, 0) is 11.3 Å². The number of hydrogen-bond acceptors (Lipinski definition) is 3. The molecule has 2 aromatic carbocycles. The standard InChI is InChI=1S/C19H21ClN2O3/c1-12-10-16(20)8-9-17(12)25-13(2)18(23)22-11-14-4-6-15(7-5-14)19(24)21-3/h4-10,13H,11H2,1-3H3,(H,21,24)(H,22,23). The van der Waals surface area contributed by atoms with Crippen molar-refractivity contribution in [3.05, 3.63) is 64.2 Å². The molecule has 5 nitrogen and oxygen atoms in total. The number of benzene rings is 2. The van der Waals surface area contributed by atoms with Crippen LogP contribution >= 0.6 is 11.6 Å². The molecule has 0 fully saturated rings. The maximum absolute atomic E-state index is 12.2. The second-order valence-corrected chi connectivity index (χ2v) is 6.10. The lowest BCUT2D eigenvalue weighted by atomic mass is 10.1. The summed E-state index contributed by atoms with van der Waals surface area (Å²) in [4.78, 5) is 23.7. The fourth-order valence-electron chi connectivity index (χ4n) is 2.24. The van der Waals surface area contributed by atoms with Gasteiger partial charge in [-0.3, -0.25) is 9.59 Å². The van der Waals surface area contributed by atoms with Crippen LogP contribution in [0.5, 0.6) is 5.75 Å². The van der Waals surface area contributed by atoms with Gasteiger partial charge in [0, 0.05) is 24.2 Å². The average molecular weight is 361 g/mol. The molecule has 0 radical (unpaired) electrons. The summed E-state index contributed by atoms with van der Waals surface area (Å²) >= 11 is 5.91. The molecule has 6 heteroatoms. The van der Waals surface area contributed by atoms with E-state index < -0.39 is 6.10 Å². The number of nitrogens with one attached hydrogen (secondary N) is 2. The highest BCUT2D eigenvalue weighted by Crippen LogP contribution is 2.22. The number of amides is 2. The number of carbonyl (C=O) groups is 2. The first-order valence-corrected chi connectivity index (χ1v) is 8.30. The molecule has 1 atom stereocenters. The van der Waals surface area contributed by atoms with Gasteiger partial charge < -0.3 is 15.4 Å². The zero-order chi connectivity index (χ0) is 18.4. The van der Waals surface area contributed by atoms with Gasteiger partial charge >= 0.3 is 0 Å². The van der Waals surface area contributed by atoms with Crippen LogP contribution in [0.25, 0.3) is 0 Å². The van der Waals surface area contributed by atoms with E-state index in [9.17, 15) is 9.59 Å². The van der Waals surface area contributed by atoms with E-state index in [1.54, 1.807) is 56.4 Å². The largest absolute Gasteiger partial charge is 0.481 e. The average Bonchev–Trinajstić information content (AvgIpc) is 2.61. The van der Waals surface area contributed by atoms with Crippen LogP contribution in [0.2, 0.25) is 5.02 Å². The van der Waals surface area contributed by atoms with E-state index in [0.717, 1.165) is 11.1 Å². The van der Waals surface area contributed by atoms with Gasteiger partial charge in [-0.1, -0.05) is 23.7 Å². The summed E-state index contributed by atoms with van der Waals surface area (Å²) in [6.45, 7) is 3.93. The molecule has 25 heavy (non-hydrogen) atoms.